The van der Waals surface area contributed by atoms with Gasteiger partial charge in [0, 0.05) is 44.3 Å². The third kappa shape index (κ3) is 3.62. The van der Waals surface area contributed by atoms with E-state index in [9.17, 15) is 4.79 Å². The number of pyridine rings is 1. The highest BCUT2D eigenvalue weighted by atomic mass is 32.1. The average Bonchev–Trinajstić information content (AvgIpc) is 3.34. The van der Waals surface area contributed by atoms with Crippen molar-refractivity contribution in [2.24, 2.45) is 0 Å². The summed E-state index contributed by atoms with van der Waals surface area (Å²) in [6.07, 6.45) is 3.42. The van der Waals surface area contributed by atoms with Gasteiger partial charge in [0.1, 0.15) is 5.69 Å². The van der Waals surface area contributed by atoms with Gasteiger partial charge in [0.15, 0.2) is 10.8 Å². The van der Waals surface area contributed by atoms with Crippen LogP contribution in [0, 0.1) is 0 Å². The minimum absolute atomic E-state index is 0.00783. The SMILES string of the molecule is O=C(c1csc(-c2ccco2)n1)N1CCN(Cc2ccccn2)CC1. The molecular formula is C18H18N4O2S. The van der Waals surface area contributed by atoms with Crippen LogP contribution >= 0.6 is 11.3 Å². The first-order valence-electron chi connectivity index (χ1n) is 8.20. The third-order valence-electron chi connectivity index (χ3n) is 4.23. The normalized spacial score (nSPS) is 15.4. The molecule has 0 atom stereocenters. The molecule has 0 radical (unpaired) electrons. The monoisotopic (exact) mass is 354 g/mol. The van der Waals surface area contributed by atoms with Gasteiger partial charge >= 0.3 is 0 Å². The highest BCUT2D eigenvalue weighted by molar-refractivity contribution is 7.13. The summed E-state index contributed by atoms with van der Waals surface area (Å²) in [5.74, 6) is 0.691. The number of hydrogen-bond acceptors (Lipinski definition) is 6. The maximum Gasteiger partial charge on any atom is 0.273 e. The molecule has 0 N–H and O–H groups in total. The molecular weight excluding hydrogens is 336 g/mol. The second-order valence-corrected chi connectivity index (χ2v) is 6.76. The minimum atomic E-state index is -0.00783. The zero-order chi connectivity index (χ0) is 17.1. The third-order valence-corrected chi connectivity index (χ3v) is 5.08. The molecule has 25 heavy (non-hydrogen) atoms. The first-order valence-corrected chi connectivity index (χ1v) is 9.08. The van der Waals surface area contributed by atoms with E-state index in [1.165, 1.54) is 11.3 Å². The Labute approximate surface area is 149 Å². The van der Waals surface area contributed by atoms with Crippen molar-refractivity contribution in [3.8, 4) is 10.8 Å². The standard InChI is InChI=1S/C18H18N4O2S/c23-18(15-13-25-17(20-15)16-5-3-11-24-16)22-9-7-21(8-10-22)12-14-4-1-2-6-19-14/h1-6,11,13H,7-10,12H2. The van der Waals surface area contributed by atoms with E-state index in [-0.39, 0.29) is 5.91 Å². The van der Waals surface area contributed by atoms with Crippen LogP contribution in [0.15, 0.2) is 52.6 Å². The molecule has 1 saturated heterocycles. The number of nitrogens with zero attached hydrogens (tertiary/aromatic N) is 4. The molecule has 4 rings (SSSR count). The van der Waals surface area contributed by atoms with E-state index in [1.807, 2.05) is 41.4 Å². The molecule has 1 amide bonds. The minimum Gasteiger partial charge on any atom is -0.462 e. The van der Waals surface area contributed by atoms with E-state index in [0.29, 0.717) is 24.5 Å². The summed E-state index contributed by atoms with van der Waals surface area (Å²) < 4.78 is 5.34. The van der Waals surface area contributed by atoms with Crippen molar-refractivity contribution in [3.05, 3.63) is 59.6 Å². The molecule has 7 heteroatoms. The summed E-state index contributed by atoms with van der Waals surface area (Å²) in [6, 6.07) is 9.62. The van der Waals surface area contributed by atoms with E-state index in [4.69, 9.17) is 4.42 Å². The predicted octanol–water partition coefficient (Wildman–Crippen LogP) is 2.76. The summed E-state index contributed by atoms with van der Waals surface area (Å²) >= 11 is 1.43. The van der Waals surface area contributed by atoms with Crippen LogP contribution in [0.2, 0.25) is 0 Å². The van der Waals surface area contributed by atoms with Crippen molar-refractivity contribution in [2.45, 2.75) is 6.54 Å². The van der Waals surface area contributed by atoms with E-state index < -0.39 is 0 Å². The highest BCUT2D eigenvalue weighted by Gasteiger charge is 2.24. The summed E-state index contributed by atoms with van der Waals surface area (Å²) in [4.78, 5) is 25.6. The second-order valence-electron chi connectivity index (χ2n) is 5.90. The summed E-state index contributed by atoms with van der Waals surface area (Å²) in [5, 5.41) is 2.54. The van der Waals surface area contributed by atoms with E-state index in [2.05, 4.69) is 14.9 Å². The van der Waals surface area contributed by atoms with Crippen LogP contribution < -0.4 is 0 Å². The van der Waals surface area contributed by atoms with Gasteiger partial charge in [0.05, 0.1) is 12.0 Å². The number of carbonyl (C=O) groups is 1. The fourth-order valence-electron chi connectivity index (χ4n) is 2.88. The van der Waals surface area contributed by atoms with Crippen molar-refractivity contribution in [1.82, 2.24) is 19.8 Å². The number of thiazole rings is 1. The van der Waals surface area contributed by atoms with Gasteiger partial charge in [0.25, 0.3) is 5.91 Å². The van der Waals surface area contributed by atoms with Gasteiger partial charge in [0.2, 0.25) is 0 Å². The number of furan rings is 1. The Balaban J connectivity index is 1.35. The van der Waals surface area contributed by atoms with Crippen molar-refractivity contribution in [1.29, 1.82) is 0 Å². The molecule has 1 aliphatic heterocycles. The van der Waals surface area contributed by atoms with Crippen LogP contribution in [0.5, 0.6) is 0 Å². The summed E-state index contributed by atoms with van der Waals surface area (Å²) in [7, 11) is 0. The Morgan fingerprint density at radius 1 is 1.16 bits per heavy atom. The van der Waals surface area contributed by atoms with Crippen LogP contribution in [-0.4, -0.2) is 51.9 Å². The van der Waals surface area contributed by atoms with Gasteiger partial charge in [-0.25, -0.2) is 4.98 Å². The fourth-order valence-corrected chi connectivity index (χ4v) is 3.64. The molecule has 1 aliphatic rings. The maximum absolute atomic E-state index is 12.7. The Hall–Kier alpha value is -2.51. The molecule has 3 aromatic rings. The van der Waals surface area contributed by atoms with Crippen LogP contribution in [0.3, 0.4) is 0 Å². The van der Waals surface area contributed by atoms with E-state index in [1.54, 1.807) is 11.6 Å². The largest absolute Gasteiger partial charge is 0.462 e. The summed E-state index contributed by atoms with van der Waals surface area (Å²) in [5.41, 5.74) is 1.56. The molecule has 3 aromatic heterocycles. The molecule has 1 fully saturated rings. The predicted molar refractivity (Wildman–Crippen MR) is 95.2 cm³/mol. The first kappa shape index (κ1) is 16.0. The Bertz CT molecular complexity index is 824. The number of piperazine rings is 1. The quantitative estimate of drug-likeness (QED) is 0.721. The second kappa shape index (κ2) is 7.16. The van der Waals surface area contributed by atoms with Gasteiger partial charge in [-0.15, -0.1) is 11.3 Å². The van der Waals surface area contributed by atoms with Crippen molar-refractivity contribution < 1.29 is 9.21 Å². The van der Waals surface area contributed by atoms with Crippen molar-refractivity contribution >= 4 is 17.2 Å². The van der Waals surface area contributed by atoms with Gasteiger partial charge in [-0.1, -0.05) is 6.07 Å². The lowest BCUT2D eigenvalue weighted by Gasteiger charge is -2.34. The van der Waals surface area contributed by atoms with Crippen LogP contribution in [-0.2, 0) is 6.54 Å². The topological polar surface area (TPSA) is 62.5 Å². The fraction of sp³-hybridized carbons (Fsp3) is 0.278. The van der Waals surface area contributed by atoms with Gasteiger partial charge in [-0.05, 0) is 24.3 Å². The molecule has 4 heterocycles. The van der Waals surface area contributed by atoms with Crippen molar-refractivity contribution in [3.63, 3.8) is 0 Å². The molecule has 0 unspecified atom stereocenters. The van der Waals surface area contributed by atoms with Gasteiger partial charge in [-0.3, -0.25) is 14.7 Å². The Morgan fingerprint density at radius 3 is 2.76 bits per heavy atom. The molecule has 6 nitrogen and oxygen atoms in total. The van der Waals surface area contributed by atoms with Crippen LogP contribution in [0.4, 0.5) is 0 Å². The zero-order valence-electron chi connectivity index (χ0n) is 13.7. The van der Waals surface area contributed by atoms with Crippen LogP contribution in [0.25, 0.3) is 10.8 Å². The first-order chi connectivity index (χ1) is 12.3. The van der Waals surface area contributed by atoms with E-state index in [0.717, 1.165) is 30.3 Å². The number of rotatable bonds is 4. The number of amides is 1. The van der Waals surface area contributed by atoms with Gasteiger partial charge in [-0.2, -0.15) is 0 Å². The lowest BCUT2D eigenvalue weighted by molar-refractivity contribution is 0.0622. The molecule has 128 valence electrons. The highest BCUT2D eigenvalue weighted by Crippen LogP contribution is 2.24. The number of aromatic nitrogens is 2. The lowest BCUT2D eigenvalue weighted by Crippen LogP contribution is -2.48. The lowest BCUT2D eigenvalue weighted by atomic mass is 10.2. The van der Waals surface area contributed by atoms with E-state index >= 15 is 0 Å². The maximum atomic E-state index is 12.7. The zero-order valence-corrected chi connectivity index (χ0v) is 14.5. The number of hydrogen-bond donors (Lipinski definition) is 0. The molecule has 0 saturated carbocycles. The van der Waals surface area contributed by atoms with Gasteiger partial charge < -0.3 is 9.32 Å². The molecule has 0 bridgehead atoms. The Kier molecular flexibility index (Phi) is 4.58. The molecule has 0 aromatic carbocycles. The number of carbonyl (C=O) groups excluding carboxylic acids is 1. The molecule has 0 spiro atoms. The Morgan fingerprint density at radius 2 is 2.04 bits per heavy atom. The summed E-state index contributed by atoms with van der Waals surface area (Å²) in [6.45, 7) is 3.93. The molecule has 0 aliphatic carbocycles. The van der Waals surface area contributed by atoms with Crippen LogP contribution in [0.1, 0.15) is 16.2 Å². The average molecular weight is 354 g/mol. The smallest absolute Gasteiger partial charge is 0.273 e. The van der Waals surface area contributed by atoms with Crippen molar-refractivity contribution in [2.75, 3.05) is 26.2 Å².